The summed E-state index contributed by atoms with van der Waals surface area (Å²) in [5.41, 5.74) is 1.13. The normalized spacial score (nSPS) is 11.4. The molecule has 0 aliphatic carbocycles. The minimum atomic E-state index is -1.82. The lowest BCUT2D eigenvalue weighted by Crippen LogP contribution is -2.16. The second kappa shape index (κ2) is 10.4. The lowest BCUT2D eigenvalue weighted by molar-refractivity contribution is -0.159. The largest absolute Gasteiger partial charge is 0.484 e. The standard InChI is InChI=1S/C18H18FNOS.C2H2O4/c1-20-11-9-16(13-5-3-2-4-6-13)21-17-8-7-15(19)14-10-12-22-18(14)17;3-1(4)2(5)6/h2-8,10,12,16,20H,9,11H2,1H3;(H,3,4)(H,5,6)/t16-;/m0./s1. The van der Waals surface area contributed by atoms with E-state index in [1.54, 1.807) is 12.1 Å². The Kier molecular flexibility index (Phi) is 7.91. The van der Waals surface area contributed by atoms with Crippen LogP contribution in [-0.4, -0.2) is 35.7 Å². The van der Waals surface area contributed by atoms with E-state index in [-0.39, 0.29) is 11.9 Å². The zero-order valence-electron chi connectivity index (χ0n) is 15.1. The van der Waals surface area contributed by atoms with Gasteiger partial charge in [0.25, 0.3) is 0 Å². The van der Waals surface area contributed by atoms with E-state index >= 15 is 0 Å². The minimum absolute atomic E-state index is 0.0515. The molecule has 3 aromatic rings. The van der Waals surface area contributed by atoms with Crippen molar-refractivity contribution in [2.24, 2.45) is 0 Å². The van der Waals surface area contributed by atoms with Crippen LogP contribution < -0.4 is 10.1 Å². The van der Waals surface area contributed by atoms with E-state index in [1.165, 1.54) is 17.4 Å². The van der Waals surface area contributed by atoms with E-state index in [4.69, 9.17) is 24.5 Å². The number of fused-ring (bicyclic) bond motifs is 1. The third-order valence-corrected chi connectivity index (χ3v) is 4.74. The first-order chi connectivity index (χ1) is 13.4. The Balaban J connectivity index is 0.000000409. The Morgan fingerprint density at radius 3 is 2.39 bits per heavy atom. The number of ether oxygens (including phenoxy) is 1. The maximum absolute atomic E-state index is 13.8. The Morgan fingerprint density at radius 2 is 1.79 bits per heavy atom. The number of carbonyl (C=O) groups is 2. The molecule has 0 amide bonds. The number of hydrogen-bond donors (Lipinski definition) is 3. The number of benzene rings is 2. The van der Waals surface area contributed by atoms with Crippen LogP contribution in [0.25, 0.3) is 10.1 Å². The molecule has 0 saturated heterocycles. The summed E-state index contributed by atoms with van der Waals surface area (Å²) in [6, 6.07) is 15.1. The number of carboxylic acid groups (broad SMARTS) is 2. The molecule has 3 rings (SSSR count). The predicted octanol–water partition coefficient (Wildman–Crippen LogP) is 3.93. The number of carboxylic acids is 2. The van der Waals surface area contributed by atoms with E-state index < -0.39 is 11.9 Å². The van der Waals surface area contributed by atoms with Crippen molar-refractivity contribution in [1.29, 1.82) is 0 Å². The van der Waals surface area contributed by atoms with Crippen molar-refractivity contribution in [3.63, 3.8) is 0 Å². The third kappa shape index (κ3) is 5.77. The molecule has 1 aromatic heterocycles. The van der Waals surface area contributed by atoms with Crippen LogP contribution in [0.5, 0.6) is 5.75 Å². The summed E-state index contributed by atoms with van der Waals surface area (Å²) in [6.07, 6.45) is 0.800. The Labute approximate surface area is 165 Å². The second-order valence-corrected chi connectivity index (χ2v) is 6.64. The van der Waals surface area contributed by atoms with Crippen molar-refractivity contribution >= 4 is 33.4 Å². The molecule has 28 heavy (non-hydrogen) atoms. The fourth-order valence-corrected chi connectivity index (χ4v) is 3.35. The van der Waals surface area contributed by atoms with E-state index in [0.717, 1.165) is 29.0 Å². The van der Waals surface area contributed by atoms with Gasteiger partial charge in [-0.25, -0.2) is 14.0 Å². The highest BCUT2D eigenvalue weighted by Gasteiger charge is 2.16. The number of aliphatic carboxylic acids is 2. The van der Waals surface area contributed by atoms with Gasteiger partial charge in [0.15, 0.2) is 0 Å². The molecule has 0 saturated carbocycles. The van der Waals surface area contributed by atoms with Gasteiger partial charge in [-0.05, 0) is 42.7 Å². The molecule has 0 aliphatic heterocycles. The first kappa shape index (κ1) is 21.3. The molecule has 3 N–H and O–H groups in total. The lowest BCUT2D eigenvalue weighted by atomic mass is 10.1. The second-order valence-electron chi connectivity index (χ2n) is 5.73. The van der Waals surface area contributed by atoms with Gasteiger partial charge in [0.05, 0.1) is 4.70 Å². The van der Waals surface area contributed by atoms with Crippen molar-refractivity contribution in [2.75, 3.05) is 13.6 Å². The monoisotopic (exact) mass is 405 g/mol. The quantitative estimate of drug-likeness (QED) is 0.538. The van der Waals surface area contributed by atoms with Crippen LogP contribution in [0.1, 0.15) is 18.1 Å². The summed E-state index contributed by atoms with van der Waals surface area (Å²) >= 11 is 1.51. The molecule has 0 fully saturated rings. The average Bonchev–Trinajstić information content (AvgIpc) is 3.19. The number of rotatable bonds is 6. The van der Waals surface area contributed by atoms with Crippen molar-refractivity contribution in [3.8, 4) is 5.75 Å². The highest BCUT2D eigenvalue weighted by atomic mass is 32.1. The van der Waals surface area contributed by atoms with Crippen LogP contribution >= 0.6 is 11.3 Å². The predicted molar refractivity (Wildman–Crippen MR) is 105 cm³/mol. The molecule has 6 nitrogen and oxygen atoms in total. The Morgan fingerprint density at radius 1 is 1.11 bits per heavy atom. The molecular weight excluding hydrogens is 385 g/mol. The summed E-state index contributed by atoms with van der Waals surface area (Å²) in [7, 11) is 1.93. The smallest absolute Gasteiger partial charge is 0.414 e. The van der Waals surface area contributed by atoms with E-state index in [9.17, 15) is 4.39 Å². The molecule has 0 radical (unpaired) electrons. The number of halogens is 1. The molecular formula is C20H20FNO5S. The van der Waals surface area contributed by atoms with Crippen LogP contribution in [-0.2, 0) is 9.59 Å². The fraction of sp³-hybridized carbons (Fsp3) is 0.200. The van der Waals surface area contributed by atoms with Gasteiger partial charge in [-0.2, -0.15) is 0 Å². The zero-order valence-corrected chi connectivity index (χ0v) is 15.9. The zero-order chi connectivity index (χ0) is 20.5. The van der Waals surface area contributed by atoms with Gasteiger partial charge in [0, 0.05) is 11.8 Å². The van der Waals surface area contributed by atoms with Gasteiger partial charge in [-0.3, -0.25) is 0 Å². The first-order valence-electron chi connectivity index (χ1n) is 8.42. The molecule has 0 spiro atoms. The van der Waals surface area contributed by atoms with Gasteiger partial charge < -0.3 is 20.3 Å². The number of hydrogen-bond acceptors (Lipinski definition) is 5. The van der Waals surface area contributed by atoms with Crippen LogP contribution in [0.4, 0.5) is 4.39 Å². The summed E-state index contributed by atoms with van der Waals surface area (Å²) in [4.78, 5) is 18.2. The minimum Gasteiger partial charge on any atom is -0.484 e. The van der Waals surface area contributed by atoms with E-state index in [0.29, 0.717) is 5.39 Å². The third-order valence-electron chi connectivity index (χ3n) is 3.81. The van der Waals surface area contributed by atoms with E-state index in [1.807, 2.05) is 30.6 Å². The highest BCUT2D eigenvalue weighted by molar-refractivity contribution is 7.17. The maximum Gasteiger partial charge on any atom is 0.414 e. The molecule has 0 bridgehead atoms. The highest BCUT2D eigenvalue weighted by Crippen LogP contribution is 2.35. The van der Waals surface area contributed by atoms with E-state index in [2.05, 4.69) is 17.4 Å². The SMILES string of the molecule is CNCC[C@H](Oc1ccc(F)c2ccsc12)c1ccccc1.O=C(O)C(=O)O. The van der Waals surface area contributed by atoms with Gasteiger partial charge in [0.1, 0.15) is 17.7 Å². The van der Waals surface area contributed by atoms with Gasteiger partial charge in [-0.1, -0.05) is 30.3 Å². The number of thiophene rings is 1. The fourth-order valence-electron chi connectivity index (χ4n) is 2.49. The molecule has 0 aliphatic rings. The summed E-state index contributed by atoms with van der Waals surface area (Å²) < 4.78 is 20.9. The summed E-state index contributed by atoms with van der Waals surface area (Å²) in [5, 5.41) is 20.5. The number of nitrogens with one attached hydrogen (secondary N) is 1. The van der Waals surface area contributed by atoms with Crippen molar-refractivity contribution < 1.29 is 28.9 Å². The van der Waals surface area contributed by atoms with Gasteiger partial charge >= 0.3 is 11.9 Å². The van der Waals surface area contributed by atoms with Crippen LogP contribution in [0.15, 0.2) is 53.9 Å². The lowest BCUT2D eigenvalue weighted by Gasteiger charge is -2.20. The maximum atomic E-state index is 13.8. The average molecular weight is 405 g/mol. The van der Waals surface area contributed by atoms with Crippen molar-refractivity contribution in [1.82, 2.24) is 5.32 Å². The van der Waals surface area contributed by atoms with Crippen molar-refractivity contribution in [2.45, 2.75) is 12.5 Å². The van der Waals surface area contributed by atoms with Gasteiger partial charge in [0.2, 0.25) is 0 Å². The first-order valence-corrected chi connectivity index (χ1v) is 9.30. The molecule has 1 heterocycles. The summed E-state index contributed by atoms with van der Waals surface area (Å²) in [6.45, 7) is 0.855. The van der Waals surface area contributed by atoms with Crippen LogP contribution in [0.3, 0.4) is 0 Å². The van der Waals surface area contributed by atoms with Gasteiger partial charge in [-0.15, -0.1) is 11.3 Å². The Bertz CT molecular complexity index is 917. The molecule has 8 heteroatoms. The molecule has 1 atom stereocenters. The molecule has 2 aromatic carbocycles. The van der Waals surface area contributed by atoms with Crippen LogP contribution in [0.2, 0.25) is 0 Å². The molecule has 0 unspecified atom stereocenters. The Hall–Kier alpha value is -2.97. The topological polar surface area (TPSA) is 95.9 Å². The summed E-state index contributed by atoms with van der Waals surface area (Å²) in [5.74, 6) is -3.10. The van der Waals surface area contributed by atoms with Crippen molar-refractivity contribution in [3.05, 3.63) is 65.3 Å². The van der Waals surface area contributed by atoms with Crippen LogP contribution in [0, 0.1) is 5.82 Å². The molecule has 148 valence electrons.